The number of amides is 1. The van der Waals surface area contributed by atoms with Crippen molar-refractivity contribution in [1.29, 1.82) is 0 Å². The molecule has 1 saturated heterocycles. The monoisotopic (exact) mass is 337 g/mol. The predicted octanol–water partition coefficient (Wildman–Crippen LogP) is 1.91. The van der Waals surface area contributed by atoms with Gasteiger partial charge in [-0.15, -0.1) is 10.2 Å². The van der Waals surface area contributed by atoms with Crippen LogP contribution in [0.5, 0.6) is 0 Å². The Morgan fingerprint density at radius 1 is 1.50 bits per heavy atom. The average molecular weight is 338 g/mol. The fourth-order valence-electron chi connectivity index (χ4n) is 2.41. The Bertz CT molecular complexity index is 721. The van der Waals surface area contributed by atoms with E-state index in [0.717, 1.165) is 0 Å². The molecule has 22 heavy (non-hydrogen) atoms. The standard InChI is InChI=1S/C13H12ClN5O2S/c1-7(20)22-9-5-12(21)19(6-9)11-4-8(14)2-3-10(11)13-15-17-18-16-13/h2-4,9H,5-6H2,1H3,(H,15,16,17,18). The molecule has 0 aliphatic carbocycles. The summed E-state index contributed by atoms with van der Waals surface area (Å²) >= 11 is 7.25. The van der Waals surface area contributed by atoms with Crippen molar-refractivity contribution < 1.29 is 9.59 Å². The molecule has 0 spiro atoms. The molecule has 1 aliphatic rings. The number of hydrogen-bond donors (Lipinski definition) is 1. The Morgan fingerprint density at radius 2 is 2.32 bits per heavy atom. The average Bonchev–Trinajstić information content (AvgIpc) is 3.08. The van der Waals surface area contributed by atoms with E-state index in [0.29, 0.717) is 35.1 Å². The highest BCUT2D eigenvalue weighted by Crippen LogP contribution is 2.35. The summed E-state index contributed by atoms with van der Waals surface area (Å²) < 4.78 is 0. The first-order chi connectivity index (χ1) is 10.5. The minimum absolute atomic E-state index is 0.00383. The molecule has 2 aromatic rings. The van der Waals surface area contributed by atoms with Crippen LogP contribution in [0.3, 0.4) is 0 Å². The fraction of sp³-hybridized carbons (Fsp3) is 0.308. The summed E-state index contributed by atoms with van der Waals surface area (Å²) in [6.45, 7) is 1.95. The lowest BCUT2D eigenvalue weighted by Gasteiger charge is -2.19. The number of halogens is 1. The van der Waals surface area contributed by atoms with E-state index >= 15 is 0 Å². The first-order valence-corrected chi connectivity index (χ1v) is 7.81. The number of thioether (sulfide) groups is 1. The fourth-order valence-corrected chi connectivity index (χ4v) is 3.50. The van der Waals surface area contributed by atoms with Crippen LogP contribution in [-0.2, 0) is 9.59 Å². The van der Waals surface area contributed by atoms with E-state index in [2.05, 4.69) is 20.6 Å². The van der Waals surface area contributed by atoms with E-state index < -0.39 is 0 Å². The maximum absolute atomic E-state index is 12.3. The number of aromatic amines is 1. The van der Waals surface area contributed by atoms with Crippen molar-refractivity contribution in [3.8, 4) is 11.4 Å². The molecule has 1 fully saturated rings. The molecule has 1 unspecified atom stereocenters. The van der Waals surface area contributed by atoms with Crippen LogP contribution in [0, 0.1) is 0 Å². The molecule has 0 bridgehead atoms. The van der Waals surface area contributed by atoms with E-state index in [9.17, 15) is 9.59 Å². The maximum Gasteiger partial charge on any atom is 0.228 e. The first kappa shape index (κ1) is 15.0. The number of hydrogen-bond acceptors (Lipinski definition) is 6. The van der Waals surface area contributed by atoms with Gasteiger partial charge in [-0.05, 0) is 23.4 Å². The van der Waals surface area contributed by atoms with Gasteiger partial charge in [0.05, 0.1) is 5.69 Å². The number of anilines is 1. The number of H-pyrrole nitrogens is 1. The van der Waals surface area contributed by atoms with Gasteiger partial charge in [-0.3, -0.25) is 9.59 Å². The number of rotatable bonds is 3. The van der Waals surface area contributed by atoms with Gasteiger partial charge >= 0.3 is 0 Å². The second-order valence-electron chi connectivity index (χ2n) is 4.84. The highest BCUT2D eigenvalue weighted by molar-refractivity contribution is 8.14. The van der Waals surface area contributed by atoms with E-state index in [4.69, 9.17) is 11.6 Å². The minimum atomic E-state index is -0.0536. The summed E-state index contributed by atoms with van der Waals surface area (Å²) in [5, 5.41) is 14.3. The normalized spacial score (nSPS) is 18.0. The molecule has 3 rings (SSSR count). The smallest absolute Gasteiger partial charge is 0.228 e. The van der Waals surface area contributed by atoms with Crippen LogP contribution in [0.25, 0.3) is 11.4 Å². The molecule has 0 saturated carbocycles. The maximum atomic E-state index is 12.3. The molecule has 1 aromatic heterocycles. The summed E-state index contributed by atoms with van der Waals surface area (Å²) in [6, 6.07) is 5.16. The van der Waals surface area contributed by atoms with Gasteiger partial charge in [-0.1, -0.05) is 23.4 Å². The van der Waals surface area contributed by atoms with Crippen molar-refractivity contribution in [3.63, 3.8) is 0 Å². The summed E-state index contributed by atoms with van der Waals surface area (Å²) in [4.78, 5) is 25.2. The summed E-state index contributed by atoms with van der Waals surface area (Å²) in [5.41, 5.74) is 1.30. The van der Waals surface area contributed by atoms with Gasteiger partial charge in [-0.2, -0.15) is 5.21 Å². The topological polar surface area (TPSA) is 91.8 Å². The van der Waals surface area contributed by atoms with Crippen LogP contribution in [0.4, 0.5) is 5.69 Å². The minimum Gasteiger partial charge on any atom is -0.310 e. The van der Waals surface area contributed by atoms with Gasteiger partial charge < -0.3 is 4.90 Å². The quantitative estimate of drug-likeness (QED) is 0.919. The van der Waals surface area contributed by atoms with Crippen molar-refractivity contribution in [1.82, 2.24) is 20.6 Å². The Kier molecular flexibility index (Phi) is 4.12. The van der Waals surface area contributed by atoms with Crippen LogP contribution in [-0.4, -0.2) is 43.4 Å². The largest absolute Gasteiger partial charge is 0.310 e. The molecule has 1 aromatic carbocycles. The highest BCUT2D eigenvalue weighted by atomic mass is 35.5. The molecule has 1 N–H and O–H groups in total. The third-order valence-corrected chi connectivity index (χ3v) is 4.48. The van der Waals surface area contributed by atoms with Crippen LogP contribution in [0.15, 0.2) is 18.2 Å². The van der Waals surface area contributed by atoms with Gasteiger partial charge in [0, 0.05) is 35.7 Å². The second kappa shape index (κ2) is 6.05. The SMILES string of the molecule is CC(=O)SC1CC(=O)N(c2cc(Cl)ccc2-c2nn[nH]n2)C1. The Hall–Kier alpha value is -1.93. The van der Waals surface area contributed by atoms with Crippen LogP contribution in [0.2, 0.25) is 5.02 Å². The van der Waals surface area contributed by atoms with E-state index in [1.165, 1.54) is 18.7 Å². The lowest BCUT2D eigenvalue weighted by Crippen LogP contribution is -2.25. The number of nitrogens with one attached hydrogen (secondary N) is 1. The third kappa shape index (κ3) is 2.97. The van der Waals surface area contributed by atoms with E-state index in [-0.39, 0.29) is 16.3 Å². The van der Waals surface area contributed by atoms with Crippen LogP contribution in [0.1, 0.15) is 13.3 Å². The number of tetrazole rings is 1. The number of nitrogens with zero attached hydrogens (tertiary/aromatic N) is 4. The molecule has 1 amide bonds. The molecule has 0 radical (unpaired) electrons. The first-order valence-electron chi connectivity index (χ1n) is 6.55. The summed E-state index contributed by atoms with van der Waals surface area (Å²) in [6.07, 6.45) is 0.322. The molecule has 114 valence electrons. The summed E-state index contributed by atoms with van der Waals surface area (Å²) in [5.74, 6) is 0.341. The zero-order chi connectivity index (χ0) is 15.7. The van der Waals surface area contributed by atoms with Gasteiger partial charge in [0.1, 0.15) is 0 Å². The van der Waals surface area contributed by atoms with Gasteiger partial charge in [0.2, 0.25) is 11.7 Å². The van der Waals surface area contributed by atoms with E-state index in [1.807, 2.05) is 0 Å². The molecular formula is C13H12ClN5O2S. The van der Waals surface area contributed by atoms with Gasteiger partial charge in [0.25, 0.3) is 0 Å². The van der Waals surface area contributed by atoms with Crippen molar-refractivity contribution in [2.75, 3.05) is 11.4 Å². The number of benzene rings is 1. The molecule has 7 nitrogen and oxygen atoms in total. The Labute approximate surface area is 135 Å². The third-order valence-electron chi connectivity index (χ3n) is 3.26. The highest BCUT2D eigenvalue weighted by Gasteiger charge is 2.33. The lowest BCUT2D eigenvalue weighted by atomic mass is 10.1. The number of carbonyl (C=O) groups is 2. The molecule has 1 aliphatic heterocycles. The van der Waals surface area contributed by atoms with Crippen molar-refractivity contribution >= 4 is 40.1 Å². The number of carbonyl (C=O) groups excluding carboxylic acids is 2. The van der Waals surface area contributed by atoms with Crippen molar-refractivity contribution in [3.05, 3.63) is 23.2 Å². The second-order valence-corrected chi connectivity index (χ2v) is 6.75. The van der Waals surface area contributed by atoms with Crippen molar-refractivity contribution in [2.24, 2.45) is 0 Å². The zero-order valence-corrected chi connectivity index (χ0v) is 13.2. The van der Waals surface area contributed by atoms with Crippen molar-refractivity contribution in [2.45, 2.75) is 18.6 Å². The van der Waals surface area contributed by atoms with Crippen LogP contribution < -0.4 is 4.90 Å². The predicted molar refractivity (Wildman–Crippen MR) is 83.7 cm³/mol. The Morgan fingerprint density at radius 3 is 3.00 bits per heavy atom. The lowest BCUT2D eigenvalue weighted by molar-refractivity contribution is -0.117. The zero-order valence-electron chi connectivity index (χ0n) is 11.6. The molecule has 9 heteroatoms. The van der Waals surface area contributed by atoms with E-state index in [1.54, 1.807) is 23.1 Å². The number of aromatic nitrogens is 4. The Balaban J connectivity index is 1.96. The van der Waals surface area contributed by atoms with Crippen LogP contribution >= 0.6 is 23.4 Å². The van der Waals surface area contributed by atoms with Gasteiger partial charge in [0.15, 0.2) is 5.12 Å². The molecular weight excluding hydrogens is 326 g/mol. The molecule has 2 heterocycles. The molecule has 1 atom stereocenters. The summed E-state index contributed by atoms with van der Waals surface area (Å²) in [7, 11) is 0. The van der Waals surface area contributed by atoms with Gasteiger partial charge in [-0.25, -0.2) is 0 Å².